The number of rotatable bonds is 8. The van der Waals surface area contributed by atoms with Crippen LogP contribution in [0.5, 0.6) is 5.75 Å². The van der Waals surface area contributed by atoms with Crippen molar-refractivity contribution in [2.45, 2.75) is 26.7 Å². The third-order valence-electron chi connectivity index (χ3n) is 3.99. The minimum atomic E-state index is -0.230. The van der Waals surface area contributed by atoms with Gasteiger partial charge in [0.05, 0.1) is 0 Å². The molecule has 0 atom stereocenters. The van der Waals surface area contributed by atoms with Gasteiger partial charge in [0.15, 0.2) is 6.61 Å². The molecule has 0 aromatic heterocycles. The summed E-state index contributed by atoms with van der Waals surface area (Å²) in [6, 6.07) is 12.6. The fraction of sp³-hybridized carbons (Fsp3) is 0.333. The van der Waals surface area contributed by atoms with Gasteiger partial charge < -0.3 is 15.4 Å². The molecular weight excluding hydrogens is 364 g/mol. The third-order valence-corrected chi connectivity index (χ3v) is 4.24. The largest absolute Gasteiger partial charge is 0.483 e. The molecule has 0 saturated heterocycles. The Hall–Kier alpha value is -2.53. The molecule has 2 aromatic rings. The van der Waals surface area contributed by atoms with Crippen molar-refractivity contribution in [3.05, 3.63) is 64.2 Å². The molecule has 0 bridgehead atoms. The number of carbonyl (C=O) groups excluding carboxylic acids is 2. The van der Waals surface area contributed by atoms with E-state index in [9.17, 15) is 9.59 Å². The molecule has 6 heteroatoms. The average Bonchev–Trinajstić information content (AvgIpc) is 2.63. The van der Waals surface area contributed by atoms with Crippen LogP contribution < -0.4 is 15.4 Å². The molecule has 0 heterocycles. The summed E-state index contributed by atoms with van der Waals surface area (Å²) in [6.07, 6.45) is 0. The van der Waals surface area contributed by atoms with Crippen LogP contribution in [0.1, 0.15) is 41.3 Å². The molecule has 2 aromatic carbocycles. The maximum atomic E-state index is 12.0. The van der Waals surface area contributed by atoms with Gasteiger partial charge in [-0.25, -0.2) is 0 Å². The van der Waals surface area contributed by atoms with E-state index in [1.165, 1.54) is 0 Å². The number of ether oxygens (including phenoxy) is 1. The smallest absolute Gasteiger partial charge is 0.258 e. The van der Waals surface area contributed by atoms with Gasteiger partial charge in [-0.2, -0.15) is 0 Å². The van der Waals surface area contributed by atoms with Crippen LogP contribution in [-0.2, 0) is 4.79 Å². The average molecular weight is 389 g/mol. The molecule has 0 radical (unpaired) electrons. The summed E-state index contributed by atoms with van der Waals surface area (Å²) in [5.41, 5.74) is 2.68. The molecule has 0 aliphatic rings. The van der Waals surface area contributed by atoms with Crippen LogP contribution in [0.15, 0.2) is 42.5 Å². The van der Waals surface area contributed by atoms with E-state index in [1.54, 1.807) is 24.3 Å². The molecule has 5 nitrogen and oxygen atoms in total. The number of amides is 2. The first-order valence-corrected chi connectivity index (χ1v) is 9.28. The highest BCUT2D eigenvalue weighted by Crippen LogP contribution is 2.27. The summed E-state index contributed by atoms with van der Waals surface area (Å²) in [4.78, 5) is 23.9. The van der Waals surface area contributed by atoms with Crippen LogP contribution in [-0.4, -0.2) is 31.5 Å². The predicted octanol–water partition coefficient (Wildman–Crippen LogP) is 3.70. The normalized spacial score (nSPS) is 10.6. The zero-order chi connectivity index (χ0) is 19.8. The maximum absolute atomic E-state index is 12.0. The molecule has 0 aliphatic heterocycles. The summed E-state index contributed by atoms with van der Waals surface area (Å²) in [6.45, 7) is 6.75. The molecule has 144 valence electrons. The lowest BCUT2D eigenvalue weighted by Gasteiger charge is -2.15. The molecule has 0 unspecified atom stereocenters. The molecule has 0 aliphatic carbocycles. The lowest BCUT2D eigenvalue weighted by atomic mass is 10.0. The summed E-state index contributed by atoms with van der Waals surface area (Å²) in [5, 5.41) is 6.05. The lowest BCUT2D eigenvalue weighted by molar-refractivity contribution is -0.123. The van der Waals surface area contributed by atoms with Gasteiger partial charge in [0.1, 0.15) is 5.75 Å². The molecular formula is C21H25ClN2O3. The molecule has 0 saturated carbocycles. The molecule has 2 amide bonds. The number of carbonyl (C=O) groups is 2. The zero-order valence-electron chi connectivity index (χ0n) is 15.8. The number of hydrogen-bond donors (Lipinski definition) is 2. The number of hydrogen-bond acceptors (Lipinski definition) is 3. The van der Waals surface area contributed by atoms with Gasteiger partial charge in [-0.15, -0.1) is 0 Å². The van der Waals surface area contributed by atoms with Crippen LogP contribution in [0.3, 0.4) is 0 Å². The highest BCUT2D eigenvalue weighted by molar-refractivity contribution is 6.30. The van der Waals surface area contributed by atoms with Gasteiger partial charge in [0.25, 0.3) is 11.8 Å². The van der Waals surface area contributed by atoms with Gasteiger partial charge in [0, 0.05) is 23.7 Å². The third kappa shape index (κ3) is 6.61. The molecule has 27 heavy (non-hydrogen) atoms. The maximum Gasteiger partial charge on any atom is 0.258 e. The van der Waals surface area contributed by atoms with Crippen molar-refractivity contribution in [1.82, 2.24) is 10.6 Å². The SMILES string of the molecule is Cc1ccc(C(C)C)c(OCC(=O)NCCNC(=O)c2ccc(Cl)cc2)c1. The van der Waals surface area contributed by atoms with Crippen LogP contribution in [0.2, 0.25) is 5.02 Å². The van der Waals surface area contributed by atoms with E-state index in [2.05, 4.69) is 24.5 Å². The Morgan fingerprint density at radius 1 is 1.04 bits per heavy atom. The number of halogens is 1. The van der Waals surface area contributed by atoms with Gasteiger partial charge >= 0.3 is 0 Å². The Kier molecular flexibility index (Phi) is 7.67. The van der Waals surface area contributed by atoms with Crippen molar-refractivity contribution in [3.8, 4) is 5.75 Å². The second-order valence-electron chi connectivity index (χ2n) is 6.60. The topological polar surface area (TPSA) is 67.4 Å². The number of aryl methyl sites for hydroxylation is 1. The molecule has 0 spiro atoms. The first-order valence-electron chi connectivity index (χ1n) is 8.90. The first-order chi connectivity index (χ1) is 12.9. The zero-order valence-corrected chi connectivity index (χ0v) is 16.6. The van der Waals surface area contributed by atoms with E-state index >= 15 is 0 Å². The standard InChI is InChI=1S/C21H25ClN2O3/c1-14(2)18-9-4-15(3)12-19(18)27-13-20(25)23-10-11-24-21(26)16-5-7-17(22)8-6-16/h4-9,12,14H,10-11,13H2,1-3H3,(H,23,25)(H,24,26). The van der Waals surface area contributed by atoms with E-state index in [0.29, 0.717) is 29.6 Å². The van der Waals surface area contributed by atoms with Crippen LogP contribution in [0.4, 0.5) is 0 Å². The second kappa shape index (κ2) is 9.97. The monoisotopic (exact) mass is 388 g/mol. The van der Waals surface area contributed by atoms with Gasteiger partial charge in [-0.05, 0) is 54.3 Å². The van der Waals surface area contributed by atoms with E-state index in [-0.39, 0.29) is 18.4 Å². The van der Waals surface area contributed by atoms with Gasteiger partial charge in [-0.1, -0.05) is 37.6 Å². The van der Waals surface area contributed by atoms with Crippen LogP contribution in [0, 0.1) is 6.92 Å². The van der Waals surface area contributed by atoms with Crippen molar-refractivity contribution in [2.75, 3.05) is 19.7 Å². The second-order valence-corrected chi connectivity index (χ2v) is 7.03. The Balaban J connectivity index is 1.73. The predicted molar refractivity (Wildman–Crippen MR) is 108 cm³/mol. The lowest BCUT2D eigenvalue weighted by Crippen LogP contribution is -2.36. The van der Waals surface area contributed by atoms with Crippen molar-refractivity contribution < 1.29 is 14.3 Å². The molecule has 0 fully saturated rings. The van der Waals surface area contributed by atoms with Crippen LogP contribution >= 0.6 is 11.6 Å². The summed E-state index contributed by atoms with van der Waals surface area (Å²) >= 11 is 5.80. The van der Waals surface area contributed by atoms with E-state index in [4.69, 9.17) is 16.3 Å². The summed E-state index contributed by atoms with van der Waals surface area (Å²) < 4.78 is 5.69. The first kappa shape index (κ1) is 20.8. The summed E-state index contributed by atoms with van der Waals surface area (Å²) in [5.74, 6) is 0.605. The minimum Gasteiger partial charge on any atom is -0.483 e. The Labute approximate surface area is 165 Å². The molecule has 2 N–H and O–H groups in total. The Morgan fingerprint density at radius 2 is 1.70 bits per heavy atom. The Bertz CT molecular complexity index is 789. The fourth-order valence-electron chi connectivity index (χ4n) is 2.52. The minimum absolute atomic E-state index is 0.0612. The van der Waals surface area contributed by atoms with Gasteiger partial charge in [0.2, 0.25) is 0 Å². The fourth-order valence-corrected chi connectivity index (χ4v) is 2.65. The van der Waals surface area contributed by atoms with E-state index in [1.807, 2.05) is 25.1 Å². The highest BCUT2D eigenvalue weighted by atomic mass is 35.5. The van der Waals surface area contributed by atoms with Crippen molar-refractivity contribution >= 4 is 23.4 Å². The summed E-state index contributed by atoms with van der Waals surface area (Å²) in [7, 11) is 0. The number of benzene rings is 2. The quantitative estimate of drug-likeness (QED) is 0.677. The number of nitrogens with one attached hydrogen (secondary N) is 2. The van der Waals surface area contributed by atoms with Crippen LogP contribution in [0.25, 0.3) is 0 Å². The van der Waals surface area contributed by atoms with Gasteiger partial charge in [-0.3, -0.25) is 9.59 Å². The van der Waals surface area contributed by atoms with E-state index in [0.717, 1.165) is 16.9 Å². The van der Waals surface area contributed by atoms with Crippen molar-refractivity contribution in [2.24, 2.45) is 0 Å². The van der Waals surface area contributed by atoms with Crippen molar-refractivity contribution in [3.63, 3.8) is 0 Å². The van der Waals surface area contributed by atoms with Crippen molar-refractivity contribution in [1.29, 1.82) is 0 Å². The highest BCUT2D eigenvalue weighted by Gasteiger charge is 2.10. The van der Waals surface area contributed by atoms with E-state index < -0.39 is 0 Å². The molecule has 2 rings (SSSR count). The Morgan fingerprint density at radius 3 is 2.37 bits per heavy atom.